The number of aromatic hydroxyl groups is 1. The van der Waals surface area contributed by atoms with Crippen LogP contribution in [0.1, 0.15) is 18.4 Å². The lowest BCUT2D eigenvalue weighted by Gasteiger charge is -2.44. The molecular formula is C33H33F2N7O. The van der Waals surface area contributed by atoms with E-state index in [1.165, 1.54) is 24.3 Å². The molecule has 220 valence electrons. The summed E-state index contributed by atoms with van der Waals surface area (Å²) < 4.78 is 31.5. The van der Waals surface area contributed by atoms with Gasteiger partial charge in [-0.3, -0.25) is 9.88 Å². The Morgan fingerprint density at radius 1 is 1.09 bits per heavy atom. The zero-order valence-corrected chi connectivity index (χ0v) is 24.3. The zero-order chi connectivity index (χ0) is 30.0. The SMILES string of the molecule is C#Cc1c(F)ccc2cc(O)cc(-c3ncc4c(N5C[C@H]6CC[C@@H](C5)N6CC=C)nc(N5CC(N(C)C)C5)nc4c3F)c12. The van der Waals surface area contributed by atoms with Gasteiger partial charge in [0.15, 0.2) is 5.82 Å². The average molecular weight is 582 g/mol. The molecule has 10 heteroatoms. The Hall–Kier alpha value is -4.33. The van der Waals surface area contributed by atoms with Gasteiger partial charge in [-0.2, -0.15) is 4.98 Å². The topological polar surface area (TPSA) is 71.9 Å². The third kappa shape index (κ3) is 4.46. The second-order valence-electron chi connectivity index (χ2n) is 12.0. The highest BCUT2D eigenvalue weighted by Gasteiger charge is 2.41. The smallest absolute Gasteiger partial charge is 0.228 e. The van der Waals surface area contributed by atoms with Crippen molar-refractivity contribution in [3.63, 3.8) is 0 Å². The minimum absolute atomic E-state index is 0.0129. The Kier molecular flexibility index (Phi) is 6.67. The van der Waals surface area contributed by atoms with Crippen molar-refractivity contribution in [2.45, 2.75) is 31.0 Å². The van der Waals surface area contributed by atoms with Crippen molar-refractivity contribution in [2.24, 2.45) is 0 Å². The molecule has 3 fully saturated rings. The summed E-state index contributed by atoms with van der Waals surface area (Å²) in [5.41, 5.74) is 0.267. The molecule has 3 aliphatic heterocycles. The Balaban J connectivity index is 1.40. The largest absolute Gasteiger partial charge is 0.508 e. The molecule has 0 amide bonds. The Bertz CT molecular complexity index is 1800. The van der Waals surface area contributed by atoms with Gasteiger partial charge in [-0.15, -0.1) is 13.0 Å². The lowest BCUT2D eigenvalue weighted by molar-refractivity contribution is 0.188. The second-order valence-corrected chi connectivity index (χ2v) is 12.0. The number of terminal acetylenes is 1. The number of likely N-dealkylation sites (N-methyl/N-ethyl adjacent to an activating group) is 1. The summed E-state index contributed by atoms with van der Waals surface area (Å²) in [5, 5.41) is 11.8. The van der Waals surface area contributed by atoms with Crippen LogP contribution in [0.4, 0.5) is 20.5 Å². The van der Waals surface area contributed by atoms with Crippen molar-refractivity contribution in [1.82, 2.24) is 24.8 Å². The third-order valence-corrected chi connectivity index (χ3v) is 9.25. The first-order chi connectivity index (χ1) is 20.8. The molecule has 43 heavy (non-hydrogen) atoms. The van der Waals surface area contributed by atoms with Crippen LogP contribution in [0.25, 0.3) is 32.9 Å². The molecule has 3 aliphatic rings. The van der Waals surface area contributed by atoms with Crippen LogP contribution in [-0.4, -0.2) is 94.8 Å². The summed E-state index contributed by atoms with van der Waals surface area (Å²) in [4.78, 5) is 23.3. The number of hydrogen-bond donors (Lipinski definition) is 1. The van der Waals surface area contributed by atoms with Crippen LogP contribution in [0, 0.1) is 24.0 Å². The molecule has 5 heterocycles. The predicted octanol–water partition coefficient (Wildman–Crippen LogP) is 4.40. The van der Waals surface area contributed by atoms with Crippen molar-refractivity contribution >= 4 is 33.4 Å². The lowest BCUT2D eigenvalue weighted by Crippen LogP contribution is -2.58. The normalized spacial score (nSPS) is 20.7. The molecule has 0 saturated carbocycles. The Labute approximate surface area is 249 Å². The molecule has 3 saturated heterocycles. The van der Waals surface area contributed by atoms with Crippen molar-refractivity contribution in [2.75, 3.05) is 56.6 Å². The molecule has 7 rings (SSSR count). The van der Waals surface area contributed by atoms with Gasteiger partial charge in [0.1, 0.15) is 28.6 Å². The molecule has 2 bridgehead atoms. The van der Waals surface area contributed by atoms with E-state index in [2.05, 4.69) is 37.1 Å². The number of nitrogens with zero attached hydrogens (tertiary/aromatic N) is 7. The maximum Gasteiger partial charge on any atom is 0.228 e. The lowest BCUT2D eigenvalue weighted by atomic mass is 9.96. The number of aromatic nitrogens is 3. The van der Waals surface area contributed by atoms with E-state index in [4.69, 9.17) is 16.4 Å². The van der Waals surface area contributed by atoms with E-state index in [-0.39, 0.29) is 28.1 Å². The number of phenolic OH excluding ortho intramolecular Hbond substituents is 1. The fraction of sp³-hybridized carbons (Fsp3) is 0.364. The first-order valence-corrected chi connectivity index (χ1v) is 14.6. The van der Waals surface area contributed by atoms with Crippen molar-refractivity contribution < 1.29 is 13.9 Å². The number of hydrogen-bond acceptors (Lipinski definition) is 8. The van der Waals surface area contributed by atoms with Gasteiger partial charge >= 0.3 is 0 Å². The molecule has 8 nitrogen and oxygen atoms in total. The number of pyridine rings is 1. The minimum Gasteiger partial charge on any atom is -0.508 e. The molecule has 2 atom stereocenters. The fourth-order valence-electron chi connectivity index (χ4n) is 6.91. The van der Waals surface area contributed by atoms with Crippen LogP contribution in [0.5, 0.6) is 5.75 Å². The van der Waals surface area contributed by atoms with E-state index >= 15 is 4.39 Å². The van der Waals surface area contributed by atoms with Crippen LogP contribution in [0.2, 0.25) is 0 Å². The molecule has 0 spiro atoms. The van der Waals surface area contributed by atoms with Gasteiger partial charge in [-0.25, -0.2) is 13.8 Å². The Morgan fingerprint density at radius 2 is 1.84 bits per heavy atom. The highest BCUT2D eigenvalue weighted by Crippen LogP contribution is 2.40. The minimum atomic E-state index is -0.667. The summed E-state index contributed by atoms with van der Waals surface area (Å²) in [5.74, 6) is 2.15. The highest BCUT2D eigenvalue weighted by molar-refractivity contribution is 6.03. The summed E-state index contributed by atoms with van der Waals surface area (Å²) in [6.45, 7) is 7.78. The number of rotatable bonds is 6. The molecular weight excluding hydrogens is 548 g/mol. The van der Waals surface area contributed by atoms with Crippen LogP contribution >= 0.6 is 0 Å². The highest BCUT2D eigenvalue weighted by atomic mass is 19.1. The fourth-order valence-corrected chi connectivity index (χ4v) is 6.91. The van der Waals surface area contributed by atoms with Gasteiger partial charge in [0, 0.05) is 68.0 Å². The maximum absolute atomic E-state index is 16.8. The molecule has 1 N–H and O–H groups in total. The van der Waals surface area contributed by atoms with E-state index in [0.717, 1.165) is 45.6 Å². The standard InChI is InChI=1S/C33H33F2N7O/c1-5-11-42-20-8-9-21(42)16-40(15-20)32-26-14-36-30(25-13-23(43)12-19-7-10-27(34)24(6-2)28(19)25)29(35)31(26)37-33(38-32)41-17-22(18-41)39(3)4/h2,5,7,10,12-14,20-22,43H,1,8-9,11,15-18H2,3-4H3/t20-,21+. The number of fused-ring (bicyclic) bond motifs is 4. The van der Waals surface area contributed by atoms with Crippen LogP contribution in [0.15, 0.2) is 43.1 Å². The maximum atomic E-state index is 16.8. The first kappa shape index (κ1) is 27.5. The van der Waals surface area contributed by atoms with Gasteiger partial charge in [-0.05, 0) is 50.5 Å². The Morgan fingerprint density at radius 3 is 2.51 bits per heavy atom. The molecule has 0 radical (unpaired) electrons. The summed E-state index contributed by atoms with van der Waals surface area (Å²) >= 11 is 0. The van der Waals surface area contributed by atoms with Gasteiger partial charge in [0.2, 0.25) is 5.95 Å². The molecule has 2 aromatic carbocycles. The monoisotopic (exact) mass is 581 g/mol. The number of benzene rings is 2. The summed E-state index contributed by atoms with van der Waals surface area (Å²) in [7, 11) is 4.08. The number of phenols is 1. The van der Waals surface area contributed by atoms with E-state index in [0.29, 0.717) is 46.1 Å². The van der Waals surface area contributed by atoms with Crippen LogP contribution < -0.4 is 9.80 Å². The van der Waals surface area contributed by atoms with Crippen LogP contribution in [0.3, 0.4) is 0 Å². The van der Waals surface area contributed by atoms with E-state index in [1.807, 2.05) is 20.2 Å². The number of anilines is 2. The first-order valence-electron chi connectivity index (χ1n) is 14.6. The number of halogens is 2. The summed E-state index contributed by atoms with van der Waals surface area (Å²) in [6, 6.07) is 6.68. The molecule has 0 unspecified atom stereocenters. The quantitative estimate of drug-likeness (QED) is 0.266. The van der Waals surface area contributed by atoms with E-state index in [9.17, 15) is 9.50 Å². The van der Waals surface area contributed by atoms with Gasteiger partial charge < -0.3 is 19.8 Å². The van der Waals surface area contributed by atoms with Gasteiger partial charge in [-0.1, -0.05) is 18.1 Å². The van der Waals surface area contributed by atoms with Gasteiger partial charge in [0.25, 0.3) is 0 Å². The molecule has 4 aromatic rings. The second kappa shape index (κ2) is 10.4. The van der Waals surface area contributed by atoms with Crippen molar-refractivity contribution in [3.8, 4) is 29.4 Å². The molecule has 0 aliphatic carbocycles. The van der Waals surface area contributed by atoms with E-state index < -0.39 is 11.6 Å². The zero-order valence-electron chi connectivity index (χ0n) is 24.3. The predicted molar refractivity (Wildman–Crippen MR) is 165 cm³/mol. The third-order valence-electron chi connectivity index (χ3n) is 9.25. The van der Waals surface area contributed by atoms with Crippen LogP contribution in [-0.2, 0) is 0 Å². The van der Waals surface area contributed by atoms with Crippen molar-refractivity contribution in [1.29, 1.82) is 0 Å². The summed E-state index contributed by atoms with van der Waals surface area (Å²) in [6.07, 6.45) is 11.4. The molecule has 2 aromatic heterocycles. The van der Waals surface area contributed by atoms with Crippen molar-refractivity contribution in [3.05, 3.63) is 60.3 Å². The van der Waals surface area contributed by atoms with E-state index in [1.54, 1.807) is 6.20 Å². The number of piperazine rings is 1. The van der Waals surface area contributed by atoms with Gasteiger partial charge in [0.05, 0.1) is 10.9 Å². The average Bonchev–Trinajstić information content (AvgIpc) is 3.18.